The maximum absolute atomic E-state index is 13.4. The topological polar surface area (TPSA) is 21.3 Å². The summed E-state index contributed by atoms with van der Waals surface area (Å²) in [5.74, 6) is 0.626. The van der Waals surface area contributed by atoms with Gasteiger partial charge in [0.25, 0.3) is 0 Å². The fraction of sp³-hybridized carbons (Fsp3) is 0.294. The van der Waals surface area contributed by atoms with E-state index in [1.54, 1.807) is 6.07 Å². The lowest BCUT2D eigenvalue weighted by molar-refractivity contribution is 0.340. The number of ether oxygens (including phenoxy) is 1. The Kier molecular flexibility index (Phi) is 5.23. The van der Waals surface area contributed by atoms with Gasteiger partial charge in [-0.2, -0.15) is 0 Å². The van der Waals surface area contributed by atoms with Crippen molar-refractivity contribution < 1.29 is 9.13 Å². The zero-order chi connectivity index (χ0) is 15.4. The van der Waals surface area contributed by atoms with Gasteiger partial charge in [0.05, 0.1) is 11.1 Å². The maximum Gasteiger partial charge on any atom is 0.137 e. The molecule has 112 valence electrons. The van der Waals surface area contributed by atoms with E-state index < -0.39 is 0 Å². The number of benzene rings is 2. The molecular weight excluding hydrogens is 333 g/mol. The van der Waals surface area contributed by atoms with E-state index >= 15 is 0 Å². The van der Waals surface area contributed by atoms with Gasteiger partial charge in [0, 0.05) is 11.7 Å². The highest BCUT2D eigenvalue weighted by molar-refractivity contribution is 9.10. The monoisotopic (exact) mass is 351 g/mol. The molecule has 4 heteroatoms. The van der Waals surface area contributed by atoms with Crippen LogP contribution in [0.15, 0.2) is 40.9 Å². The first kappa shape index (κ1) is 15.8. The van der Waals surface area contributed by atoms with Gasteiger partial charge in [-0.25, -0.2) is 4.39 Å². The minimum atomic E-state index is -0.244. The number of rotatable bonds is 5. The normalized spacial score (nSPS) is 12.0. The summed E-state index contributed by atoms with van der Waals surface area (Å²) in [6.45, 7) is 6.60. The first-order valence-corrected chi connectivity index (χ1v) is 7.75. The zero-order valence-corrected chi connectivity index (χ0v) is 14.0. The van der Waals surface area contributed by atoms with Crippen LogP contribution in [0.4, 0.5) is 10.1 Å². The second-order valence-electron chi connectivity index (χ2n) is 4.95. The standard InChI is InChI=1S/C17H19BrFNO/c1-4-21-14-7-5-13(6-8-14)12(3)20-17-10-15(18)16(19)9-11(17)2/h5-10,12,20H,4H2,1-3H3. The van der Waals surface area contributed by atoms with E-state index in [0.717, 1.165) is 22.6 Å². The number of nitrogens with one attached hydrogen (secondary N) is 1. The van der Waals surface area contributed by atoms with E-state index in [1.807, 2.05) is 38.1 Å². The molecule has 2 rings (SSSR count). The van der Waals surface area contributed by atoms with Gasteiger partial charge in [-0.05, 0) is 72.1 Å². The Hall–Kier alpha value is -1.55. The number of hydrogen-bond acceptors (Lipinski definition) is 2. The largest absolute Gasteiger partial charge is 0.494 e. The van der Waals surface area contributed by atoms with Crippen molar-refractivity contribution in [2.45, 2.75) is 26.8 Å². The fourth-order valence-corrected chi connectivity index (χ4v) is 2.48. The third-order valence-electron chi connectivity index (χ3n) is 3.33. The molecule has 0 aliphatic heterocycles. The molecule has 0 aliphatic rings. The van der Waals surface area contributed by atoms with Crippen LogP contribution in [-0.4, -0.2) is 6.61 Å². The first-order chi connectivity index (χ1) is 10.0. The lowest BCUT2D eigenvalue weighted by atomic mass is 10.1. The summed E-state index contributed by atoms with van der Waals surface area (Å²) in [6, 6.07) is 11.4. The van der Waals surface area contributed by atoms with Crippen LogP contribution in [0.1, 0.15) is 31.0 Å². The predicted octanol–water partition coefficient (Wildman–Crippen LogP) is 5.47. The van der Waals surface area contributed by atoms with E-state index in [0.29, 0.717) is 11.1 Å². The van der Waals surface area contributed by atoms with Crippen molar-refractivity contribution in [1.29, 1.82) is 0 Å². The molecule has 1 unspecified atom stereocenters. The number of halogens is 2. The Morgan fingerprint density at radius 1 is 1.24 bits per heavy atom. The van der Waals surface area contributed by atoms with E-state index in [9.17, 15) is 4.39 Å². The van der Waals surface area contributed by atoms with Crippen molar-refractivity contribution in [1.82, 2.24) is 0 Å². The van der Waals surface area contributed by atoms with Crippen LogP contribution in [0.5, 0.6) is 5.75 Å². The fourth-order valence-electron chi connectivity index (χ4n) is 2.14. The lowest BCUT2D eigenvalue weighted by Crippen LogP contribution is -2.08. The van der Waals surface area contributed by atoms with E-state index in [2.05, 4.69) is 28.2 Å². The smallest absolute Gasteiger partial charge is 0.137 e. The van der Waals surface area contributed by atoms with Crippen molar-refractivity contribution in [3.63, 3.8) is 0 Å². The van der Waals surface area contributed by atoms with Crippen LogP contribution < -0.4 is 10.1 Å². The molecule has 0 fully saturated rings. The summed E-state index contributed by atoms with van der Waals surface area (Å²) in [4.78, 5) is 0. The Morgan fingerprint density at radius 2 is 1.90 bits per heavy atom. The van der Waals surface area contributed by atoms with Crippen LogP contribution >= 0.6 is 15.9 Å². The molecule has 0 saturated carbocycles. The van der Waals surface area contributed by atoms with Gasteiger partial charge in [0.1, 0.15) is 11.6 Å². The number of anilines is 1. The average Bonchev–Trinajstić information content (AvgIpc) is 2.46. The SMILES string of the molecule is CCOc1ccc(C(C)Nc2cc(Br)c(F)cc2C)cc1. The minimum absolute atomic E-state index is 0.122. The van der Waals surface area contributed by atoms with Gasteiger partial charge in [-0.1, -0.05) is 12.1 Å². The number of hydrogen-bond donors (Lipinski definition) is 1. The highest BCUT2D eigenvalue weighted by atomic mass is 79.9. The summed E-state index contributed by atoms with van der Waals surface area (Å²) in [5.41, 5.74) is 2.96. The molecule has 2 aromatic rings. The van der Waals surface area contributed by atoms with Crippen LogP contribution in [0.3, 0.4) is 0 Å². The molecule has 1 N–H and O–H groups in total. The van der Waals surface area contributed by atoms with Crippen LogP contribution in [0, 0.1) is 12.7 Å². The first-order valence-electron chi connectivity index (χ1n) is 6.96. The summed E-state index contributed by atoms with van der Waals surface area (Å²) in [7, 11) is 0. The molecule has 2 nitrogen and oxygen atoms in total. The van der Waals surface area contributed by atoms with Crippen molar-refractivity contribution in [2.75, 3.05) is 11.9 Å². The maximum atomic E-state index is 13.4. The highest BCUT2D eigenvalue weighted by Crippen LogP contribution is 2.28. The number of aryl methyl sites for hydroxylation is 1. The molecular formula is C17H19BrFNO. The quantitative estimate of drug-likeness (QED) is 0.771. The third kappa shape index (κ3) is 3.97. The summed E-state index contributed by atoms with van der Waals surface area (Å²) in [5, 5.41) is 3.41. The summed E-state index contributed by atoms with van der Waals surface area (Å²) < 4.78 is 19.4. The highest BCUT2D eigenvalue weighted by Gasteiger charge is 2.10. The third-order valence-corrected chi connectivity index (χ3v) is 3.94. The van der Waals surface area contributed by atoms with Crippen molar-refractivity contribution in [3.8, 4) is 5.75 Å². The van der Waals surface area contributed by atoms with Gasteiger partial charge in [-0.15, -0.1) is 0 Å². The zero-order valence-electron chi connectivity index (χ0n) is 12.4. The molecule has 0 amide bonds. The Balaban J connectivity index is 2.14. The second kappa shape index (κ2) is 6.94. The molecule has 21 heavy (non-hydrogen) atoms. The van der Waals surface area contributed by atoms with Crippen LogP contribution in [-0.2, 0) is 0 Å². The van der Waals surface area contributed by atoms with E-state index in [4.69, 9.17) is 4.74 Å². The van der Waals surface area contributed by atoms with Crippen LogP contribution in [0.25, 0.3) is 0 Å². The lowest BCUT2D eigenvalue weighted by Gasteiger charge is -2.18. The predicted molar refractivity (Wildman–Crippen MR) is 88.5 cm³/mol. The van der Waals surface area contributed by atoms with E-state index in [-0.39, 0.29) is 11.9 Å². The van der Waals surface area contributed by atoms with Crippen molar-refractivity contribution >= 4 is 21.6 Å². The van der Waals surface area contributed by atoms with Gasteiger partial charge in [0.15, 0.2) is 0 Å². The molecule has 0 radical (unpaired) electrons. The Morgan fingerprint density at radius 3 is 2.52 bits per heavy atom. The van der Waals surface area contributed by atoms with Gasteiger partial charge >= 0.3 is 0 Å². The van der Waals surface area contributed by atoms with Crippen LogP contribution in [0.2, 0.25) is 0 Å². The van der Waals surface area contributed by atoms with Gasteiger partial charge in [0.2, 0.25) is 0 Å². The van der Waals surface area contributed by atoms with Crippen molar-refractivity contribution in [2.24, 2.45) is 0 Å². The molecule has 0 spiro atoms. The minimum Gasteiger partial charge on any atom is -0.494 e. The average molecular weight is 352 g/mol. The molecule has 2 aromatic carbocycles. The Bertz CT molecular complexity index is 613. The van der Waals surface area contributed by atoms with Gasteiger partial charge in [-0.3, -0.25) is 0 Å². The molecule has 0 aliphatic carbocycles. The molecule has 0 aromatic heterocycles. The Labute approximate surface area is 133 Å². The molecule has 0 heterocycles. The molecule has 1 atom stereocenters. The van der Waals surface area contributed by atoms with E-state index in [1.165, 1.54) is 6.07 Å². The van der Waals surface area contributed by atoms with Crippen molar-refractivity contribution in [3.05, 3.63) is 57.8 Å². The molecule has 0 saturated heterocycles. The second-order valence-corrected chi connectivity index (χ2v) is 5.80. The summed E-state index contributed by atoms with van der Waals surface area (Å²) >= 11 is 3.22. The van der Waals surface area contributed by atoms with Gasteiger partial charge < -0.3 is 10.1 Å². The molecule has 0 bridgehead atoms. The summed E-state index contributed by atoms with van der Waals surface area (Å²) in [6.07, 6.45) is 0.